The molecule has 1 aliphatic rings. The zero-order valence-electron chi connectivity index (χ0n) is 18.9. The van der Waals surface area contributed by atoms with Crippen molar-refractivity contribution >= 4 is 45.1 Å². The molecular weight excluding hydrogens is 510 g/mol. The summed E-state index contributed by atoms with van der Waals surface area (Å²) in [6, 6.07) is 20.3. The highest BCUT2D eigenvalue weighted by molar-refractivity contribution is 9.10. The van der Waals surface area contributed by atoms with Gasteiger partial charge in [0.15, 0.2) is 5.65 Å². The molecule has 2 aromatic heterocycles. The van der Waals surface area contributed by atoms with Crippen molar-refractivity contribution in [1.29, 1.82) is 0 Å². The van der Waals surface area contributed by atoms with Crippen LogP contribution in [-0.4, -0.2) is 45.7 Å². The summed E-state index contributed by atoms with van der Waals surface area (Å²) in [6.07, 6.45) is 8.63. The highest BCUT2D eigenvalue weighted by Gasteiger charge is 2.19. The largest absolute Gasteiger partial charge is 0.370 e. The van der Waals surface area contributed by atoms with Crippen molar-refractivity contribution in [1.82, 2.24) is 19.5 Å². The molecule has 0 radical (unpaired) electrons. The second-order valence-corrected chi connectivity index (χ2v) is 9.93. The van der Waals surface area contributed by atoms with E-state index in [0.29, 0.717) is 10.9 Å². The van der Waals surface area contributed by atoms with Crippen LogP contribution < -0.4 is 5.32 Å². The van der Waals surface area contributed by atoms with E-state index in [1.165, 1.54) is 18.4 Å². The van der Waals surface area contributed by atoms with E-state index in [4.69, 9.17) is 16.6 Å². The topological polar surface area (TPSA) is 45.5 Å². The Balaban J connectivity index is 1.22. The molecule has 2 aromatic carbocycles. The Morgan fingerprint density at radius 1 is 1.06 bits per heavy atom. The van der Waals surface area contributed by atoms with Crippen molar-refractivity contribution in [3.05, 3.63) is 88.0 Å². The van der Waals surface area contributed by atoms with E-state index in [9.17, 15) is 0 Å². The normalized spacial score (nSPS) is 15.4. The van der Waals surface area contributed by atoms with E-state index in [2.05, 4.69) is 73.7 Å². The third kappa shape index (κ3) is 5.35. The van der Waals surface area contributed by atoms with E-state index in [0.717, 1.165) is 53.4 Å². The predicted molar refractivity (Wildman–Crippen MR) is 144 cm³/mol. The van der Waals surface area contributed by atoms with Crippen molar-refractivity contribution in [2.45, 2.75) is 12.8 Å². The third-order valence-corrected chi connectivity index (χ3v) is 7.22. The first-order chi connectivity index (χ1) is 16.7. The van der Waals surface area contributed by atoms with E-state index >= 15 is 0 Å². The molecule has 1 N–H and O–H groups in total. The van der Waals surface area contributed by atoms with Crippen LogP contribution in [0.2, 0.25) is 5.02 Å². The van der Waals surface area contributed by atoms with E-state index in [1.54, 1.807) is 6.20 Å². The van der Waals surface area contributed by atoms with Crippen LogP contribution in [-0.2, 0) is 0 Å². The van der Waals surface area contributed by atoms with Crippen molar-refractivity contribution in [3.8, 4) is 11.3 Å². The summed E-state index contributed by atoms with van der Waals surface area (Å²) in [4.78, 5) is 7.33. The van der Waals surface area contributed by atoms with Gasteiger partial charge in [0.25, 0.3) is 0 Å². The maximum absolute atomic E-state index is 6.46. The monoisotopic (exact) mass is 535 g/mol. The number of piperidine rings is 1. The fourth-order valence-corrected chi connectivity index (χ4v) is 4.97. The fraction of sp³-hybridized carbons (Fsp3) is 0.259. The van der Waals surface area contributed by atoms with Gasteiger partial charge in [0, 0.05) is 29.7 Å². The summed E-state index contributed by atoms with van der Waals surface area (Å²) in [7, 11) is 0. The maximum atomic E-state index is 6.46. The summed E-state index contributed by atoms with van der Waals surface area (Å²) in [5, 5.41) is 8.84. The molecule has 3 heterocycles. The van der Waals surface area contributed by atoms with Gasteiger partial charge in [-0.15, -0.1) is 0 Å². The smallest absolute Gasteiger partial charge is 0.172 e. The van der Waals surface area contributed by atoms with E-state index in [-0.39, 0.29) is 0 Å². The molecule has 5 nitrogen and oxygen atoms in total. The minimum Gasteiger partial charge on any atom is -0.370 e. The number of halogens is 2. The first kappa shape index (κ1) is 23.1. The number of hydrogen-bond acceptors (Lipinski definition) is 4. The van der Waals surface area contributed by atoms with Gasteiger partial charge in [-0.1, -0.05) is 72.3 Å². The van der Waals surface area contributed by atoms with Crippen molar-refractivity contribution in [3.63, 3.8) is 0 Å². The van der Waals surface area contributed by atoms with Crippen molar-refractivity contribution in [2.75, 3.05) is 31.5 Å². The molecule has 0 amide bonds. The van der Waals surface area contributed by atoms with Gasteiger partial charge in [-0.25, -0.2) is 4.98 Å². The molecule has 0 aliphatic carbocycles. The number of benzene rings is 2. The van der Waals surface area contributed by atoms with Gasteiger partial charge < -0.3 is 5.32 Å². The predicted octanol–water partition coefficient (Wildman–Crippen LogP) is 6.65. The number of hydrogen-bond donors (Lipinski definition) is 1. The summed E-state index contributed by atoms with van der Waals surface area (Å²) < 4.78 is 2.72. The lowest BCUT2D eigenvalue weighted by molar-refractivity contribution is 0.207. The highest BCUT2D eigenvalue weighted by Crippen LogP contribution is 2.30. The van der Waals surface area contributed by atoms with Crippen LogP contribution in [0.15, 0.2) is 77.4 Å². The zero-order chi connectivity index (χ0) is 23.3. The summed E-state index contributed by atoms with van der Waals surface area (Å²) in [5.74, 6) is 1.55. The van der Waals surface area contributed by atoms with Crippen LogP contribution in [0, 0.1) is 5.92 Å². The molecule has 5 rings (SSSR count). The Bertz CT molecular complexity index is 1280. The second-order valence-electron chi connectivity index (χ2n) is 8.67. The third-order valence-electron chi connectivity index (χ3n) is 6.33. The number of likely N-dealkylation sites (tertiary alicyclic amines) is 1. The minimum absolute atomic E-state index is 0.625. The van der Waals surface area contributed by atoms with Crippen LogP contribution in [0.5, 0.6) is 0 Å². The SMILES string of the molecule is Clc1ccccc1-c1cc(NCC2CCN(CC=Cc3ccccc3)CC2)n2ncc(Br)c2n1. The number of fused-ring (bicyclic) bond motifs is 1. The molecule has 1 saturated heterocycles. The minimum atomic E-state index is 0.625. The standard InChI is InChI=1S/C27H27BrClN5/c28-23-19-31-34-26(17-25(32-27(23)34)22-10-4-5-11-24(22)29)30-18-21-12-15-33(16-13-21)14-6-9-20-7-2-1-3-8-20/h1-11,17,19,21,30H,12-16,18H2. The zero-order valence-corrected chi connectivity index (χ0v) is 21.2. The van der Waals surface area contributed by atoms with E-state index < -0.39 is 0 Å². The van der Waals surface area contributed by atoms with Crippen LogP contribution >= 0.6 is 27.5 Å². The average molecular weight is 537 g/mol. The van der Waals surface area contributed by atoms with Crippen LogP contribution in [0.1, 0.15) is 18.4 Å². The van der Waals surface area contributed by atoms with Gasteiger partial charge in [0.05, 0.1) is 16.4 Å². The molecule has 0 saturated carbocycles. The molecule has 1 fully saturated rings. The Morgan fingerprint density at radius 2 is 1.82 bits per heavy atom. The first-order valence-electron chi connectivity index (χ1n) is 11.6. The molecule has 0 atom stereocenters. The number of nitrogens with one attached hydrogen (secondary N) is 1. The number of aromatic nitrogens is 3. The van der Waals surface area contributed by atoms with Gasteiger partial charge in [0.2, 0.25) is 0 Å². The van der Waals surface area contributed by atoms with Gasteiger partial charge in [-0.3, -0.25) is 4.90 Å². The molecule has 4 aromatic rings. The van der Waals surface area contributed by atoms with Gasteiger partial charge >= 0.3 is 0 Å². The molecule has 0 unspecified atom stereocenters. The van der Waals surface area contributed by atoms with E-state index in [1.807, 2.05) is 34.8 Å². The highest BCUT2D eigenvalue weighted by atomic mass is 79.9. The molecule has 0 spiro atoms. The van der Waals surface area contributed by atoms with Gasteiger partial charge in [-0.2, -0.15) is 9.61 Å². The molecular formula is C27H27BrClN5. The molecule has 7 heteroatoms. The van der Waals surface area contributed by atoms with Crippen LogP contribution in [0.4, 0.5) is 5.82 Å². The first-order valence-corrected chi connectivity index (χ1v) is 12.8. The lowest BCUT2D eigenvalue weighted by atomic mass is 9.97. The average Bonchev–Trinajstić information content (AvgIpc) is 3.25. The van der Waals surface area contributed by atoms with Crippen molar-refractivity contribution < 1.29 is 0 Å². The molecule has 0 bridgehead atoms. The van der Waals surface area contributed by atoms with Crippen molar-refractivity contribution in [2.24, 2.45) is 5.92 Å². The lowest BCUT2D eigenvalue weighted by Gasteiger charge is -2.31. The Morgan fingerprint density at radius 3 is 2.62 bits per heavy atom. The Labute approximate surface area is 213 Å². The summed E-state index contributed by atoms with van der Waals surface area (Å²) >= 11 is 10.0. The number of rotatable bonds is 7. The number of nitrogens with zero attached hydrogens (tertiary/aromatic N) is 4. The Kier molecular flexibility index (Phi) is 7.28. The molecule has 34 heavy (non-hydrogen) atoms. The number of anilines is 1. The molecule has 1 aliphatic heterocycles. The maximum Gasteiger partial charge on any atom is 0.172 e. The fourth-order valence-electron chi connectivity index (χ4n) is 4.39. The second kappa shape index (κ2) is 10.7. The van der Waals surface area contributed by atoms with Crippen LogP contribution in [0.3, 0.4) is 0 Å². The van der Waals surface area contributed by atoms with Gasteiger partial charge in [0.1, 0.15) is 5.82 Å². The Hall–Kier alpha value is -2.67. The molecule has 174 valence electrons. The quantitative estimate of drug-likeness (QED) is 0.287. The van der Waals surface area contributed by atoms with Gasteiger partial charge in [-0.05, 0) is 59.4 Å². The lowest BCUT2D eigenvalue weighted by Crippen LogP contribution is -2.36. The summed E-state index contributed by atoms with van der Waals surface area (Å²) in [6.45, 7) is 4.15. The summed E-state index contributed by atoms with van der Waals surface area (Å²) in [5.41, 5.74) is 3.79. The van der Waals surface area contributed by atoms with Crippen LogP contribution in [0.25, 0.3) is 23.0 Å².